The fraction of sp³-hybridized carbons (Fsp3) is 0.583. The highest BCUT2D eigenvalue weighted by Gasteiger charge is 2.26. The Balaban J connectivity index is 2.84. The van der Waals surface area contributed by atoms with Gasteiger partial charge in [0.25, 0.3) is 5.91 Å². The number of aryl methyl sites for hydroxylation is 2. The third-order valence-corrected chi connectivity index (χ3v) is 2.53. The summed E-state index contributed by atoms with van der Waals surface area (Å²) >= 11 is 0. The van der Waals surface area contributed by atoms with Crippen molar-refractivity contribution in [3.63, 3.8) is 0 Å². The minimum absolute atomic E-state index is 0.125. The molecule has 1 rings (SSSR count). The molecular weight excluding hydrogens is 234 g/mol. The number of hydrogen-bond acceptors (Lipinski definition) is 3. The van der Waals surface area contributed by atoms with Gasteiger partial charge in [-0.1, -0.05) is 6.92 Å². The number of rotatable bonds is 5. The molecule has 0 fully saturated rings. The number of nitrogens with one attached hydrogen (secondary N) is 1. The van der Waals surface area contributed by atoms with Gasteiger partial charge in [-0.3, -0.25) is 14.3 Å². The number of aliphatic carboxylic acids is 1. The quantitative estimate of drug-likeness (QED) is 0.818. The lowest BCUT2D eigenvalue weighted by Gasteiger charge is -2.24. The number of carbonyl (C=O) groups excluding carboxylic acids is 1. The maximum absolute atomic E-state index is 12.1. The van der Waals surface area contributed by atoms with Crippen LogP contribution in [0, 0.1) is 0 Å². The van der Waals surface area contributed by atoms with Crippen molar-refractivity contribution in [2.45, 2.75) is 39.2 Å². The molecule has 6 heteroatoms. The monoisotopic (exact) mass is 253 g/mol. The fourth-order valence-corrected chi connectivity index (χ4v) is 1.78. The van der Waals surface area contributed by atoms with Gasteiger partial charge in [-0.05, 0) is 20.3 Å². The Bertz CT molecular complexity index is 463. The average molecular weight is 253 g/mol. The van der Waals surface area contributed by atoms with Gasteiger partial charge in [0, 0.05) is 18.8 Å². The summed E-state index contributed by atoms with van der Waals surface area (Å²) in [7, 11) is 1.75. The van der Waals surface area contributed by atoms with Crippen molar-refractivity contribution in [2.75, 3.05) is 0 Å². The lowest BCUT2D eigenvalue weighted by molar-refractivity contribution is -0.138. The molecule has 1 heterocycles. The molecule has 1 amide bonds. The molecule has 0 aliphatic carbocycles. The van der Waals surface area contributed by atoms with E-state index in [2.05, 4.69) is 10.4 Å². The van der Waals surface area contributed by atoms with Crippen molar-refractivity contribution in [1.82, 2.24) is 15.1 Å². The molecule has 0 aliphatic rings. The SMILES string of the molecule is CCc1nn(C)cc1C(=O)NC(C)(C)CC(=O)O. The van der Waals surface area contributed by atoms with Crippen LogP contribution in [0.3, 0.4) is 0 Å². The molecule has 1 aromatic rings. The number of aromatic nitrogens is 2. The lowest BCUT2D eigenvalue weighted by Crippen LogP contribution is -2.45. The van der Waals surface area contributed by atoms with Crippen molar-refractivity contribution in [3.8, 4) is 0 Å². The Hall–Kier alpha value is -1.85. The van der Waals surface area contributed by atoms with Crippen molar-refractivity contribution >= 4 is 11.9 Å². The predicted octanol–water partition coefficient (Wildman–Crippen LogP) is 0.966. The molecule has 0 saturated heterocycles. The molecule has 0 saturated carbocycles. The second kappa shape index (κ2) is 5.20. The summed E-state index contributed by atoms with van der Waals surface area (Å²) in [5.74, 6) is -1.23. The number of hydrogen-bond donors (Lipinski definition) is 2. The van der Waals surface area contributed by atoms with E-state index in [-0.39, 0.29) is 12.3 Å². The van der Waals surface area contributed by atoms with Gasteiger partial charge in [-0.2, -0.15) is 5.10 Å². The van der Waals surface area contributed by atoms with Crippen LogP contribution in [0.2, 0.25) is 0 Å². The Morgan fingerprint density at radius 2 is 2.11 bits per heavy atom. The Morgan fingerprint density at radius 1 is 1.50 bits per heavy atom. The summed E-state index contributed by atoms with van der Waals surface area (Å²) in [5.41, 5.74) is 0.420. The van der Waals surface area contributed by atoms with Crippen LogP contribution < -0.4 is 5.32 Å². The number of amides is 1. The zero-order valence-corrected chi connectivity index (χ0v) is 11.1. The molecule has 6 nitrogen and oxygen atoms in total. The number of carboxylic acid groups (broad SMARTS) is 1. The van der Waals surface area contributed by atoms with Gasteiger partial charge in [0.05, 0.1) is 17.7 Å². The third-order valence-electron chi connectivity index (χ3n) is 2.53. The second-order valence-corrected chi connectivity index (χ2v) is 4.93. The van der Waals surface area contributed by atoms with E-state index in [0.29, 0.717) is 17.7 Å². The molecule has 100 valence electrons. The van der Waals surface area contributed by atoms with Gasteiger partial charge < -0.3 is 10.4 Å². The van der Waals surface area contributed by atoms with Gasteiger partial charge in [0.1, 0.15) is 0 Å². The molecule has 0 bridgehead atoms. The molecule has 0 spiro atoms. The zero-order chi connectivity index (χ0) is 13.9. The van der Waals surface area contributed by atoms with Crippen LogP contribution in [0.25, 0.3) is 0 Å². The summed E-state index contributed by atoms with van der Waals surface area (Å²) in [6.45, 7) is 5.28. The van der Waals surface area contributed by atoms with Crippen LogP contribution in [0.4, 0.5) is 0 Å². The van der Waals surface area contributed by atoms with E-state index >= 15 is 0 Å². The van der Waals surface area contributed by atoms with E-state index < -0.39 is 11.5 Å². The maximum atomic E-state index is 12.1. The van der Waals surface area contributed by atoms with E-state index in [1.807, 2.05) is 6.92 Å². The van der Waals surface area contributed by atoms with Gasteiger partial charge >= 0.3 is 5.97 Å². The Labute approximate surface area is 106 Å². The van der Waals surface area contributed by atoms with Crippen molar-refractivity contribution in [2.24, 2.45) is 7.05 Å². The maximum Gasteiger partial charge on any atom is 0.305 e. The normalized spacial score (nSPS) is 11.3. The molecule has 1 aromatic heterocycles. The number of nitrogens with zero attached hydrogens (tertiary/aromatic N) is 2. The summed E-state index contributed by atoms with van der Waals surface area (Å²) < 4.78 is 1.58. The second-order valence-electron chi connectivity index (χ2n) is 4.93. The van der Waals surface area contributed by atoms with E-state index in [9.17, 15) is 9.59 Å². The highest BCUT2D eigenvalue weighted by molar-refractivity contribution is 5.95. The highest BCUT2D eigenvalue weighted by Crippen LogP contribution is 2.12. The predicted molar refractivity (Wildman–Crippen MR) is 66.4 cm³/mol. The minimum Gasteiger partial charge on any atom is -0.481 e. The van der Waals surface area contributed by atoms with E-state index in [4.69, 9.17) is 5.11 Å². The van der Waals surface area contributed by atoms with Gasteiger partial charge in [-0.25, -0.2) is 0 Å². The van der Waals surface area contributed by atoms with Gasteiger partial charge in [-0.15, -0.1) is 0 Å². The number of carboxylic acids is 1. The molecular formula is C12H19N3O3. The Morgan fingerprint density at radius 3 is 2.61 bits per heavy atom. The number of carbonyl (C=O) groups is 2. The van der Waals surface area contributed by atoms with E-state index in [1.165, 1.54) is 0 Å². The summed E-state index contributed by atoms with van der Waals surface area (Å²) in [4.78, 5) is 22.8. The van der Waals surface area contributed by atoms with Crippen molar-refractivity contribution in [3.05, 3.63) is 17.5 Å². The molecule has 0 unspecified atom stereocenters. The lowest BCUT2D eigenvalue weighted by atomic mass is 10.00. The summed E-state index contributed by atoms with van der Waals surface area (Å²) in [5, 5.41) is 15.7. The summed E-state index contributed by atoms with van der Waals surface area (Å²) in [6, 6.07) is 0. The van der Waals surface area contributed by atoms with Crippen LogP contribution in [0.5, 0.6) is 0 Å². The first kappa shape index (κ1) is 14.2. The van der Waals surface area contributed by atoms with Crippen LogP contribution in [-0.4, -0.2) is 32.3 Å². The average Bonchev–Trinajstić information content (AvgIpc) is 2.56. The fourth-order valence-electron chi connectivity index (χ4n) is 1.78. The van der Waals surface area contributed by atoms with E-state index in [1.54, 1.807) is 31.8 Å². The smallest absolute Gasteiger partial charge is 0.305 e. The first-order valence-electron chi connectivity index (χ1n) is 5.82. The van der Waals surface area contributed by atoms with Crippen LogP contribution in [0.1, 0.15) is 43.2 Å². The van der Waals surface area contributed by atoms with Crippen LogP contribution >= 0.6 is 0 Å². The van der Waals surface area contributed by atoms with Crippen molar-refractivity contribution in [1.29, 1.82) is 0 Å². The van der Waals surface area contributed by atoms with Crippen molar-refractivity contribution < 1.29 is 14.7 Å². The standard InChI is InChI=1S/C12H19N3O3/c1-5-9-8(7-15(4)14-9)11(18)13-12(2,3)6-10(16)17/h7H,5-6H2,1-4H3,(H,13,18)(H,16,17). The van der Waals surface area contributed by atoms with E-state index in [0.717, 1.165) is 0 Å². The van der Waals surface area contributed by atoms with Gasteiger partial charge in [0.15, 0.2) is 0 Å². The molecule has 18 heavy (non-hydrogen) atoms. The zero-order valence-electron chi connectivity index (χ0n) is 11.1. The van der Waals surface area contributed by atoms with Crippen LogP contribution in [0.15, 0.2) is 6.20 Å². The third kappa shape index (κ3) is 3.58. The molecule has 0 radical (unpaired) electrons. The largest absolute Gasteiger partial charge is 0.481 e. The van der Waals surface area contributed by atoms with Gasteiger partial charge in [0.2, 0.25) is 0 Å². The summed E-state index contributed by atoms with van der Waals surface area (Å²) in [6.07, 6.45) is 2.18. The Kier molecular flexibility index (Phi) is 4.11. The first-order valence-corrected chi connectivity index (χ1v) is 5.82. The topological polar surface area (TPSA) is 84.2 Å². The molecule has 0 aliphatic heterocycles. The molecule has 0 aromatic carbocycles. The molecule has 2 N–H and O–H groups in total. The van der Waals surface area contributed by atoms with Crippen LogP contribution in [-0.2, 0) is 18.3 Å². The minimum atomic E-state index is -0.942. The molecule has 0 atom stereocenters. The first-order chi connectivity index (χ1) is 8.25. The highest BCUT2D eigenvalue weighted by atomic mass is 16.4.